The minimum absolute atomic E-state index is 0.0337. The number of hydrogen-bond donors (Lipinski definition) is 0. The normalized spacial score (nSPS) is 12.0. The summed E-state index contributed by atoms with van der Waals surface area (Å²) in [7, 11) is 0. The van der Waals surface area contributed by atoms with Gasteiger partial charge in [-0.2, -0.15) is 5.10 Å². The largest absolute Gasteiger partial charge is 0.484 e. The molecule has 1 heterocycles. The standard InChI is InChI=1S/C22H23FN2O2/c1-3-4-10-22(26)25-14-13-21(24-25)16(2)27-18-11-12-19(20(23)15-18)17-8-6-5-7-9-17/h5-9,11-16H,3-4,10H2,1-2H3/t16-/m1/s1. The Kier molecular flexibility index (Phi) is 6.01. The zero-order chi connectivity index (χ0) is 19.2. The van der Waals surface area contributed by atoms with E-state index >= 15 is 0 Å². The lowest BCUT2D eigenvalue weighted by Crippen LogP contribution is -2.12. The van der Waals surface area contributed by atoms with Crippen molar-refractivity contribution in [1.82, 2.24) is 9.78 Å². The van der Waals surface area contributed by atoms with Crippen LogP contribution in [0.5, 0.6) is 5.75 Å². The van der Waals surface area contributed by atoms with Gasteiger partial charge in [0.25, 0.3) is 0 Å². The number of rotatable bonds is 7. The summed E-state index contributed by atoms with van der Waals surface area (Å²) < 4.78 is 21.6. The Labute approximate surface area is 158 Å². The molecule has 27 heavy (non-hydrogen) atoms. The van der Waals surface area contributed by atoms with Gasteiger partial charge in [-0.1, -0.05) is 43.7 Å². The number of carbonyl (C=O) groups excluding carboxylic acids is 1. The molecule has 4 nitrogen and oxygen atoms in total. The first-order valence-electron chi connectivity index (χ1n) is 9.19. The van der Waals surface area contributed by atoms with E-state index in [1.165, 1.54) is 10.7 Å². The van der Waals surface area contributed by atoms with Gasteiger partial charge < -0.3 is 4.74 Å². The van der Waals surface area contributed by atoms with Crippen LogP contribution in [-0.4, -0.2) is 15.7 Å². The van der Waals surface area contributed by atoms with Crippen LogP contribution in [0.3, 0.4) is 0 Å². The van der Waals surface area contributed by atoms with Crippen molar-refractivity contribution < 1.29 is 13.9 Å². The molecule has 0 N–H and O–H groups in total. The monoisotopic (exact) mass is 366 g/mol. The number of benzene rings is 2. The van der Waals surface area contributed by atoms with Gasteiger partial charge in [-0.3, -0.25) is 4.79 Å². The summed E-state index contributed by atoms with van der Waals surface area (Å²) in [6, 6.07) is 16.0. The maximum Gasteiger partial charge on any atom is 0.246 e. The van der Waals surface area contributed by atoms with Crippen LogP contribution < -0.4 is 4.74 Å². The molecule has 140 valence electrons. The molecule has 0 fully saturated rings. The van der Waals surface area contributed by atoms with Gasteiger partial charge in [0.1, 0.15) is 23.4 Å². The van der Waals surface area contributed by atoms with E-state index in [0.717, 1.165) is 18.4 Å². The highest BCUT2D eigenvalue weighted by atomic mass is 19.1. The SMILES string of the molecule is CCCCC(=O)n1ccc([C@@H](C)Oc2ccc(-c3ccccc3)c(F)c2)n1. The molecule has 0 amide bonds. The highest BCUT2D eigenvalue weighted by molar-refractivity contribution is 5.77. The molecule has 0 aliphatic rings. The molecule has 5 heteroatoms. The van der Waals surface area contributed by atoms with Gasteiger partial charge >= 0.3 is 0 Å². The lowest BCUT2D eigenvalue weighted by molar-refractivity contribution is 0.0882. The number of ether oxygens (including phenoxy) is 1. The van der Waals surface area contributed by atoms with Gasteiger partial charge in [0.2, 0.25) is 5.91 Å². The zero-order valence-corrected chi connectivity index (χ0v) is 15.6. The lowest BCUT2D eigenvalue weighted by atomic mass is 10.1. The van der Waals surface area contributed by atoms with E-state index < -0.39 is 6.10 Å². The summed E-state index contributed by atoms with van der Waals surface area (Å²) in [6.45, 7) is 3.87. The average molecular weight is 366 g/mol. The predicted molar refractivity (Wildman–Crippen MR) is 103 cm³/mol. The Bertz CT molecular complexity index is 906. The summed E-state index contributed by atoms with van der Waals surface area (Å²) in [5, 5.41) is 4.30. The molecule has 0 aliphatic carbocycles. The summed E-state index contributed by atoms with van der Waals surface area (Å²) in [6.07, 6.45) is 3.52. The molecule has 0 radical (unpaired) electrons. The minimum atomic E-state index is -0.396. The Balaban J connectivity index is 1.69. The van der Waals surface area contributed by atoms with Gasteiger partial charge in [-0.05, 0) is 37.1 Å². The van der Waals surface area contributed by atoms with E-state index in [1.54, 1.807) is 24.4 Å². The molecule has 2 aromatic carbocycles. The Hall–Kier alpha value is -2.95. The molecule has 1 aromatic heterocycles. The second kappa shape index (κ2) is 8.62. The Morgan fingerprint density at radius 1 is 1.19 bits per heavy atom. The van der Waals surface area contributed by atoms with Crippen LogP contribution in [0.2, 0.25) is 0 Å². The Morgan fingerprint density at radius 3 is 2.67 bits per heavy atom. The van der Waals surface area contributed by atoms with Gasteiger partial charge in [0.05, 0.1) is 0 Å². The first kappa shape index (κ1) is 18.8. The van der Waals surface area contributed by atoms with Gasteiger partial charge in [0, 0.05) is 24.2 Å². The fourth-order valence-electron chi connectivity index (χ4n) is 2.82. The second-order valence-corrected chi connectivity index (χ2v) is 6.45. The summed E-state index contributed by atoms with van der Waals surface area (Å²) in [5.74, 6) is 0.0475. The third kappa shape index (κ3) is 4.61. The van der Waals surface area contributed by atoms with E-state index in [2.05, 4.69) is 5.10 Å². The molecule has 3 aromatic rings. The Morgan fingerprint density at radius 2 is 1.96 bits per heavy atom. The summed E-state index contributed by atoms with van der Waals surface area (Å²) >= 11 is 0. The molecular weight excluding hydrogens is 343 g/mol. The molecule has 3 rings (SSSR count). The summed E-state index contributed by atoms with van der Waals surface area (Å²) in [4.78, 5) is 12.0. The number of hydrogen-bond acceptors (Lipinski definition) is 3. The fourth-order valence-corrected chi connectivity index (χ4v) is 2.82. The number of carbonyl (C=O) groups is 1. The number of halogens is 1. The van der Waals surface area contributed by atoms with E-state index in [1.807, 2.05) is 44.2 Å². The maximum absolute atomic E-state index is 14.5. The van der Waals surface area contributed by atoms with E-state index in [4.69, 9.17) is 4.74 Å². The van der Waals surface area contributed by atoms with Crippen molar-refractivity contribution in [2.45, 2.75) is 39.2 Å². The highest BCUT2D eigenvalue weighted by Crippen LogP contribution is 2.28. The first-order valence-corrected chi connectivity index (χ1v) is 9.19. The van der Waals surface area contributed by atoms with Crippen molar-refractivity contribution in [1.29, 1.82) is 0 Å². The number of nitrogens with zero attached hydrogens (tertiary/aromatic N) is 2. The van der Waals surface area contributed by atoms with Crippen molar-refractivity contribution in [2.75, 3.05) is 0 Å². The van der Waals surface area contributed by atoms with Crippen LogP contribution in [0.1, 0.15) is 49.7 Å². The van der Waals surface area contributed by atoms with Crippen LogP contribution in [0.4, 0.5) is 4.39 Å². The van der Waals surface area contributed by atoms with Crippen LogP contribution in [0.15, 0.2) is 60.8 Å². The topological polar surface area (TPSA) is 44.1 Å². The lowest BCUT2D eigenvalue weighted by Gasteiger charge is -2.13. The molecule has 0 saturated heterocycles. The predicted octanol–water partition coefficient (Wildman–Crippen LogP) is 5.66. The van der Waals surface area contributed by atoms with Crippen molar-refractivity contribution in [3.05, 3.63) is 72.3 Å². The molecule has 1 atom stereocenters. The average Bonchev–Trinajstić information content (AvgIpc) is 3.17. The maximum atomic E-state index is 14.5. The van der Waals surface area contributed by atoms with Crippen LogP contribution in [0.25, 0.3) is 11.1 Å². The van der Waals surface area contributed by atoms with E-state index in [9.17, 15) is 9.18 Å². The van der Waals surface area contributed by atoms with Crippen molar-refractivity contribution in [2.24, 2.45) is 0 Å². The minimum Gasteiger partial charge on any atom is -0.484 e. The smallest absolute Gasteiger partial charge is 0.246 e. The number of unbranched alkanes of at least 4 members (excludes halogenated alkanes) is 1. The molecule has 0 aliphatic heterocycles. The van der Waals surface area contributed by atoms with Gasteiger partial charge in [0.15, 0.2) is 0 Å². The zero-order valence-electron chi connectivity index (χ0n) is 15.6. The quantitative estimate of drug-likeness (QED) is 0.542. The second-order valence-electron chi connectivity index (χ2n) is 6.45. The van der Waals surface area contributed by atoms with Gasteiger partial charge in [-0.25, -0.2) is 9.07 Å². The van der Waals surface area contributed by atoms with Crippen molar-refractivity contribution >= 4 is 5.91 Å². The fraction of sp³-hybridized carbons (Fsp3) is 0.273. The molecule has 0 saturated carbocycles. The van der Waals surface area contributed by atoms with E-state index in [-0.39, 0.29) is 11.7 Å². The van der Waals surface area contributed by atoms with Gasteiger partial charge in [-0.15, -0.1) is 0 Å². The van der Waals surface area contributed by atoms with Crippen LogP contribution >= 0.6 is 0 Å². The number of aromatic nitrogens is 2. The summed E-state index contributed by atoms with van der Waals surface area (Å²) in [5.41, 5.74) is 1.98. The third-order valence-corrected chi connectivity index (χ3v) is 4.36. The first-order chi connectivity index (χ1) is 13.1. The molecule has 0 spiro atoms. The molecule has 0 unspecified atom stereocenters. The third-order valence-electron chi connectivity index (χ3n) is 4.36. The molecule has 0 bridgehead atoms. The van der Waals surface area contributed by atoms with Crippen LogP contribution in [0, 0.1) is 5.82 Å². The highest BCUT2D eigenvalue weighted by Gasteiger charge is 2.15. The molecular formula is C22H23FN2O2. The van der Waals surface area contributed by atoms with Crippen molar-refractivity contribution in [3.63, 3.8) is 0 Å². The van der Waals surface area contributed by atoms with Crippen molar-refractivity contribution in [3.8, 4) is 16.9 Å². The van der Waals surface area contributed by atoms with E-state index in [0.29, 0.717) is 23.4 Å². The van der Waals surface area contributed by atoms with Crippen LogP contribution in [-0.2, 0) is 0 Å².